The highest BCUT2D eigenvalue weighted by molar-refractivity contribution is 6.31. The number of benzene rings is 2. The number of rotatable bonds is 3. The Kier molecular flexibility index (Phi) is 5.67. The fourth-order valence-electron chi connectivity index (χ4n) is 3.37. The standard InChI is InChI=1S/C21H20Cl2N4O/c22-19-13-24-27(15-19)21(28)26-10-8-25(9-11-26)14-18-7-6-17(12-20(18)23)16-4-2-1-3-5-16/h1-7,12-13,15H,8-11,14H2. The quantitative estimate of drug-likeness (QED) is 0.626. The van der Waals surface area contributed by atoms with Crippen molar-refractivity contribution in [2.45, 2.75) is 6.54 Å². The van der Waals surface area contributed by atoms with Crippen LogP contribution >= 0.6 is 23.2 Å². The van der Waals surface area contributed by atoms with Crippen LogP contribution in [-0.2, 0) is 6.54 Å². The largest absolute Gasteiger partial charge is 0.344 e. The van der Waals surface area contributed by atoms with E-state index in [1.807, 2.05) is 24.3 Å². The Labute approximate surface area is 174 Å². The van der Waals surface area contributed by atoms with Crippen molar-refractivity contribution >= 4 is 29.2 Å². The van der Waals surface area contributed by atoms with Crippen LogP contribution in [0.3, 0.4) is 0 Å². The summed E-state index contributed by atoms with van der Waals surface area (Å²) >= 11 is 12.4. The third-order valence-corrected chi connectivity index (χ3v) is 5.49. The smallest absolute Gasteiger partial charge is 0.320 e. The number of carbonyl (C=O) groups is 1. The predicted molar refractivity (Wildman–Crippen MR) is 112 cm³/mol. The van der Waals surface area contributed by atoms with E-state index >= 15 is 0 Å². The SMILES string of the molecule is O=C(N1CCN(Cc2ccc(-c3ccccc3)cc2Cl)CC1)n1cc(Cl)cn1. The Bertz CT molecular complexity index is 966. The molecular formula is C21H20Cl2N4O. The van der Waals surface area contributed by atoms with E-state index in [1.165, 1.54) is 17.1 Å². The lowest BCUT2D eigenvalue weighted by Gasteiger charge is -2.34. The van der Waals surface area contributed by atoms with Crippen LogP contribution < -0.4 is 0 Å². The second kappa shape index (κ2) is 8.35. The van der Waals surface area contributed by atoms with Gasteiger partial charge in [-0.1, -0.05) is 65.7 Å². The summed E-state index contributed by atoms with van der Waals surface area (Å²) in [6.07, 6.45) is 3.00. The highest BCUT2D eigenvalue weighted by atomic mass is 35.5. The molecule has 0 bridgehead atoms. The molecule has 7 heteroatoms. The number of carbonyl (C=O) groups excluding carboxylic acids is 1. The van der Waals surface area contributed by atoms with E-state index in [1.54, 1.807) is 4.90 Å². The molecule has 1 fully saturated rings. The fourth-order valence-corrected chi connectivity index (χ4v) is 3.75. The molecule has 5 nitrogen and oxygen atoms in total. The van der Waals surface area contributed by atoms with Gasteiger partial charge in [-0.15, -0.1) is 0 Å². The summed E-state index contributed by atoms with van der Waals surface area (Å²) in [4.78, 5) is 16.5. The summed E-state index contributed by atoms with van der Waals surface area (Å²) in [5.41, 5.74) is 3.37. The van der Waals surface area contributed by atoms with Crippen LogP contribution in [0.2, 0.25) is 10.0 Å². The number of nitrogens with zero attached hydrogens (tertiary/aromatic N) is 4. The molecule has 0 aliphatic carbocycles. The summed E-state index contributed by atoms with van der Waals surface area (Å²) < 4.78 is 1.29. The van der Waals surface area contributed by atoms with E-state index in [2.05, 4.69) is 34.3 Å². The lowest BCUT2D eigenvalue weighted by Crippen LogP contribution is -2.49. The number of hydrogen-bond donors (Lipinski definition) is 0. The fraction of sp³-hybridized carbons (Fsp3) is 0.238. The van der Waals surface area contributed by atoms with Crippen molar-refractivity contribution in [2.24, 2.45) is 0 Å². The molecule has 0 unspecified atom stereocenters. The predicted octanol–water partition coefficient (Wildman–Crippen LogP) is 4.64. The summed E-state index contributed by atoms with van der Waals surface area (Å²) in [6, 6.07) is 16.3. The van der Waals surface area contributed by atoms with Crippen LogP contribution in [0.5, 0.6) is 0 Å². The second-order valence-corrected chi connectivity index (χ2v) is 7.66. The molecule has 144 valence electrons. The molecule has 3 aromatic rings. The maximum absolute atomic E-state index is 12.4. The van der Waals surface area contributed by atoms with Gasteiger partial charge in [-0.3, -0.25) is 4.90 Å². The molecule has 1 aliphatic rings. The van der Waals surface area contributed by atoms with Crippen molar-refractivity contribution in [3.05, 3.63) is 76.5 Å². The van der Waals surface area contributed by atoms with Crippen LogP contribution in [0, 0.1) is 0 Å². The molecule has 28 heavy (non-hydrogen) atoms. The topological polar surface area (TPSA) is 41.4 Å². The van der Waals surface area contributed by atoms with Gasteiger partial charge in [0, 0.05) is 37.7 Å². The van der Waals surface area contributed by atoms with Crippen LogP contribution in [0.1, 0.15) is 5.56 Å². The normalized spacial score (nSPS) is 15.0. The minimum absolute atomic E-state index is 0.142. The molecule has 4 rings (SSSR count). The maximum atomic E-state index is 12.4. The summed E-state index contributed by atoms with van der Waals surface area (Å²) in [6.45, 7) is 3.64. The van der Waals surface area contributed by atoms with E-state index in [-0.39, 0.29) is 6.03 Å². The Hall–Kier alpha value is -2.34. The lowest BCUT2D eigenvalue weighted by atomic mass is 10.0. The van der Waals surface area contributed by atoms with Gasteiger partial charge in [-0.25, -0.2) is 4.79 Å². The molecule has 1 saturated heterocycles. The molecule has 0 N–H and O–H groups in total. The molecule has 0 radical (unpaired) electrons. The zero-order valence-corrected chi connectivity index (χ0v) is 16.8. The zero-order valence-electron chi connectivity index (χ0n) is 15.3. The summed E-state index contributed by atoms with van der Waals surface area (Å²) in [5.74, 6) is 0. The van der Waals surface area contributed by atoms with Crippen molar-refractivity contribution in [1.29, 1.82) is 0 Å². The van der Waals surface area contributed by atoms with Crippen LogP contribution in [0.25, 0.3) is 11.1 Å². The van der Waals surface area contributed by atoms with Crippen molar-refractivity contribution < 1.29 is 4.79 Å². The molecule has 1 aliphatic heterocycles. The first-order chi connectivity index (χ1) is 13.6. The maximum Gasteiger partial charge on any atom is 0.344 e. The van der Waals surface area contributed by atoms with Gasteiger partial charge < -0.3 is 4.90 Å². The Balaban J connectivity index is 1.36. The minimum atomic E-state index is -0.142. The molecule has 0 atom stereocenters. The Morgan fingerprint density at radius 1 is 0.964 bits per heavy atom. The highest BCUT2D eigenvalue weighted by Gasteiger charge is 2.23. The van der Waals surface area contributed by atoms with E-state index < -0.39 is 0 Å². The lowest BCUT2D eigenvalue weighted by molar-refractivity contribution is 0.134. The molecule has 0 saturated carbocycles. The Morgan fingerprint density at radius 3 is 2.36 bits per heavy atom. The number of amides is 1. The van der Waals surface area contributed by atoms with E-state index in [9.17, 15) is 4.79 Å². The third kappa shape index (κ3) is 4.22. The molecule has 2 heterocycles. The zero-order chi connectivity index (χ0) is 19.5. The highest BCUT2D eigenvalue weighted by Crippen LogP contribution is 2.26. The van der Waals surface area contributed by atoms with Crippen LogP contribution in [0.15, 0.2) is 60.9 Å². The number of hydrogen-bond acceptors (Lipinski definition) is 3. The van der Waals surface area contributed by atoms with E-state index in [0.29, 0.717) is 18.1 Å². The van der Waals surface area contributed by atoms with Crippen molar-refractivity contribution in [3.63, 3.8) is 0 Å². The first-order valence-electron chi connectivity index (χ1n) is 9.16. The van der Waals surface area contributed by atoms with Gasteiger partial charge in [0.15, 0.2) is 0 Å². The van der Waals surface area contributed by atoms with Gasteiger partial charge >= 0.3 is 6.03 Å². The third-order valence-electron chi connectivity index (χ3n) is 4.94. The number of halogens is 2. The first-order valence-corrected chi connectivity index (χ1v) is 9.91. The average molecular weight is 415 g/mol. The van der Waals surface area contributed by atoms with Gasteiger partial charge in [-0.05, 0) is 22.8 Å². The van der Waals surface area contributed by atoms with E-state index in [4.69, 9.17) is 23.2 Å². The average Bonchev–Trinajstić information content (AvgIpc) is 3.16. The van der Waals surface area contributed by atoms with Gasteiger partial charge in [0.25, 0.3) is 0 Å². The minimum Gasteiger partial charge on any atom is -0.320 e. The first kappa shape index (κ1) is 19.0. The number of piperazine rings is 1. The number of aromatic nitrogens is 2. The summed E-state index contributed by atoms with van der Waals surface area (Å²) in [5, 5.41) is 5.21. The molecule has 1 aromatic heterocycles. The van der Waals surface area contributed by atoms with Crippen LogP contribution in [0.4, 0.5) is 4.79 Å². The van der Waals surface area contributed by atoms with Crippen molar-refractivity contribution in [2.75, 3.05) is 26.2 Å². The van der Waals surface area contributed by atoms with Crippen molar-refractivity contribution in [3.8, 4) is 11.1 Å². The van der Waals surface area contributed by atoms with Gasteiger partial charge in [0.1, 0.15) is 0 Å². The molecular weight excluding hydrogens is 395 g/mol. The van der Waals surface area contributed by atoms with Gasteiger partial charge in [0.2, 0.25) is 0 Å². The van der Waals surface area contributed by atoms with Crippen molar-refractivity contribution in [1.82, 2.24) is 19.6 Å². The summed E-state index contributed by atoms with van der Waals surface area (Å²) in [7, 11) is 0. The van der Waals surface area contributed by atoms with Crippen LogP contribution in [-0.4, -0.2) is 51.8 Å². The monoisotopic (exact) mass is 414 g/mol. The molecule has 2 aromatic carbocycles. The molecule has 0 spiro atoms. The Morgan fingerprint density at radius 2 is 1.71 bits per heavy atom. The van der Waals surface area contributed by atoms with E-state index in [0.717, 1.165) is 41.3 Å². The molecule has 1 amide bonds. The van der Waals surface area contributed by atoms with Gasteiger partial charge in [0.05, 0.1) is 17.4 Å². The second-order valence-electron chi connectivity index (χ2n) is 6.82. The van der Waals surface area contributed by atoms with Gasteiger partial charge in [-0.2, -0.15) is 9.78 Å².